The third-order valence-electron chi connectivity index (χ3n) is 2.64. The number of fused-ring (bicyclic) bond motifs is 1. The summed E-state index contributed by atoms with van der Waals surface area (Å²) in [5.41, 5.74) is -0.627. The lowest BCUT2D eigenvalue weighted by Gasteiger charge is -2.08. The normalized spacial score (nSPS) is 10.7. The van der Waals surface area contributed by atoms with Crippen molar-refractivity contribution < 1.29 is 9.62 Å². The summed E-state index contributed by atoms with van der Waals surface area (Å²) in [6, 6.07) is 7.00. The van der Waals surface area contributed by atoms with Gasteiger partial charge in [-0.3, -0.25) is 0 Å². The van der Waals surface area contributed by atoms with Crippen LogP contribution in [0, 0.1) is 0 Å². The van der Waals surface area contributed by atoms with E-state index >= 15 is 0 Å². The van der Waals surface area contributed by atoms with Crippen molar-refractivity contribution >= 4 is 16.9 Å². The van der Waals surface area contributed by atoms with Gasteiger partial charge in [-0.1, -0.05) is 0 Å². The minimum atomic E-state index is -0.784. The summed E-state index contributed by atoms with van der Waals surface area (Å²) in [7, 11) is 0. The Balaban J connectivity index is 2.03. The number of furan rings is 1. The lowest BCUT2D eigenvalue weighted by atomic mass is 10.3. The molecule has 0 atom stereocenters. The van der Waals surface area contributed by atoms with Crippen molar-refractivity contribution in [3.8, 4) is 0 Å². The Morgan fingerprint density at radius 2 is 2.26 bits per heavy atom. The van der Waals surface area contributed by atoms with Crippen molar-refractivity contribution in [1.82, 2.24) is 14.7 Å². The molecule has 0 saturated carbocycles. The van der Waals surface area contributed by atoms with E-state index in [1.54, 1.807) is 30.5 Å². The van der Waals surface area contributed by atoms with E-state index in [4.69, 9.17) is 4.42 Å². The van der Waals surface area contributed by atoms with Gasteiger partial charge in [-0.15, -0.1) is 4.73 Å². The first-order chi connectivity index (χ1) is 9.25. The lowest BCUT2D eigenvalue weighted by molar-refractivity contribution is 0.182. The molecule has 3 rings (SSSR count). The van der Waals surface area contributed by atoms with Crippen molar-refractivity contribution in [2.45, 2.75) is 6.54 Å². The van der Waals surface area contributed by atoms with E-state index in [0.29, 0.717) is 28.2 Å². The van der Waals surface area contributed by atoms with Crippen LogP contribution in [0.4, 0.5) is 5.82 Å². The fourth-order valence-corrected chi connectivity index (χ4v) is 1.76. The summed E-state index contributed by atoms with van der Waals surface area (Å²) in [6.07, 6.45) is 3.06. The van der Waals surface area contributed by atoms with Crippen molar-refractivity contribution in [2.24, 2.45) is 0 Å². The predicted molar refractivity (Wildman–Crippen MR) is 67.0 cm³/mol. The number of aromatic nitrogens is 3. The molecule has 0 radical (unpaired) electrons. The maximum absolute atomic E-state index is 11.5. The number of hydrogen-bond donors (Lipinski definition) is 2. The van der Waals surface area contributed by atoms with Crippen molar-refractivity contribution in [1.29, 1.82) is 0 Å². The van der Waals surface area contributed by atoms with Crippen LogP contribution in [-0.4, -0.2) is 19.9 Å². The molecule has 0 aliphatic carbocycles. The van der Waals surface area contributed by atoms with Gasteiger partial charge in [0.05, 0.1) is 18.2 Å². The molecular weight excluding hydrogens is 248 g/mol. The topological polar surface area (TPSA) is 93.2 Å². The van der Waals surface area contributed by atoms with Crippen LogP contribution in [0.1, 0.15) is 5.76 Å². The van der Waals surface area contributed by atoms with Gasteiger partial charge in [-0.05, 0) is 24.3 Å². The number of rotatable bonds is 3. The molecule has 0 aliphatic rings. The maximum atomic E-state index is 11.5. The highest BCUT2D eigenvalue weighted by Crippen LogP contribution is 2.17. The zero-order chi connectivity index (χ0) is 13.2. The molecule has 0 fully saturated rings. The Morgan fingerprint density at radius 1 is 1.37 bits per heavy atom. The molecule has 0 aromatic carbocycles. The number of hydrogen-bond acceptors (Lipinski definition) is 6. The van der Waals surface area contributed by atoms with Gasteiger partial charge >= 0.3 is 5.69 Å². The van der Waals surface area contributed by atoms with E-state index in [9.17, 15) is 10.0 Å². The summed E-state index contributed by atoms with van der Waals surface area (Å²) in [6.45, 7) is 0.388. The van der Waals surface area contributed by atoms with Crippen LogP contribution in [0.5, 0.6) is 0 Å². The van der Waals surface area contributed by atoms with E-state index in [0.717, 1.165) is 0 Å². The van der Waals surface area contributed by atoms with Crippen LogP contribution in [0.3, 0.4) is 0 Å². The second-order valence-corrected chi connectivity index (χ2v) is 3.86. The van der Waals surface area contributed by atoms with Crippen LogP contribution in [0.25, 0.3) is 11.0 Å². The number of anilines is 1. The van der Waals surface area contributed by atoms with Gasteiger partial charge in [-0.25, -0.2) is 9.78 Å². The van der Waals surface area contributed by atoms with Crippen LogP contribution in [0.2, 0.25) is 0 Å². The second-order valence-electron chi connectivity index (χ2n) is 3.86. The van der Waals surface area contributed by atoms with Gasteiger partial charge in [0.1, 0.15) is 11.6 Å². The van der Waals surface area contributed by atoms with E-state index in [-0.39, 0.29) is 5.65 Å². The first-order valence-corrected chi connectivity index (χ1v) is 5.59. The Labute approximate surface area is 107 Å². The molecule has 0 saturated heterocycles. The van der Waals surface area contributed by atoms with Gasteiger partial charge < -0.3 is 14.9 Å². The fourth-order valence-electron chi connectivity index (χ4n) is 1.76. The van der Waals surface area contributed by atoms with Gasteiger partial charge in [-0.2, -0.15) is 4.98 Å². The maximum Gasteiger partial charge on any atom is 0.384 e. The summed E-state index contributed by atoms with van der Waals surface area (Å²) in [4.78, 5) is 19.2. The highest BCUT2D eigenvalue weighted by atomic mass is 16.5. The van der Waals surface area contributed by atoms with Crippen molar-refractivity contribution in [2.75, 3.05) is 5.32 Å². The zero-order valence-corrected chi connectivity index (χ0v) is 9.78. The Morgan fingerprint density at radius 3 is 3.05 bits per heavy atom. The standard InChI is InChI=1S/C12H10N4O3/c17-12-15-10(14-7-8-3-2-6-19-8)9-4-1-5-13-11(9)16(12)18/h1-6,18H,7H2,(H,14,15,17). The molecule has 2 N–H and O–H groups in total. The minimum absolute atomic E-state index is 0.157. The average molecular weight is 258 g/mol. The molecule has 7 nitrogen and oxygen atoms in total. The lowest BCUT2D eigenvalue weighted by Crippen LogP contribution is -2.23. The molecule has 0 amide bonds. The summed E-state index contributed by atoms with van der Waals surface area (Å²) < 4.78 is 5.61. The predicted octanol–water partition coefficient (Wildman–Crippen LogP) is 1.23. The van der Waals surface area contributed by atoms with Gasteiger partial charge in [0, 0.05) is 6.20 Å². The molecular formula is C12H10N4O3. The SMILES string of the molecule is O=c1nc(NCc2ccco2)c2cccnc2n1O. The molecule has 0 aliphatic heterocycles. The monoisotopic (exact) mass is 258 g/mol. The largest absolute Gasteiger partial charge is 0.467 e. The smallest absolute Gasteiger partial charge is 0.384 e. The molecule has 3 aromatic rings. The van der Waals surface area contributed by atoms with E-state index < -0.39 is 5.69 Å². The first-order valence-electron chi connectivity index (χ1n) is 5.59. The molecule has 0 bridgehead atoms. The first kappa shape index (κ1) is 11.3. The molecule has 0 spiro atoms. The second kappa shape index (κ2) is 4.45. The Kier molecular flexibility index (Phi) is 2.64. The highest BCUT2D eigenvalue weighted by molar-refractivity contribution is 5.86. The minimum Gasteiger partial charge on any atom is -0.467 e. The van der Waals surface area contributed by atoms with E-state index in [2.05, 4.69) is 15.3 Å². The third kappa shape index (κ3) is 2.01. The average Bonchev–Trinajstić information content (AvgIpc) is 2.95. The van der Waals surface area contributed by atoms with Gasteiger partial charge in [0.15, 0.2) is 5.65 Å². The van der Waals surface area contributed by atoms with Crippen LogP contribution in [-0.2, 0) is 6.54 Å². The molecule has 0 unspecified atom stereocenters. The van der Waals surface area contributed by atoms with E-state index in [1.165, 1.54) is 6.20 Å². The Bertz CT molecular complexity index is 764. The zero-order valence-electron chi connectivity index (χ0n) is 9.78. The summed E-state index contributed by atoms with van der Waals surface area (Å²) >= 11 is 0. The Hall–Kier alpha value is -2.83. The molecule has 19 heavy (non-hydrogen) atoms. The molecule has 3 aromatic heterocycles. The quantitative estimate of drug-likeness (QED) is 0.686. The fraction of sp³-hybridized carbons (Fsp3) is 0.0833. The summed E-state index contributed by atoms with van der Waals surface area (Å²) in [5.74, 6) is 1.07. The number of nitrogens with one attached hydrogen (secondary N) is 1. The van der Waals surface area contributed by atoms with Gasteiger partial charge in [0.2, 0.25) is 0 Å². The van der Waals surface area contributed by atoms with Crippen LogP contribution < -0.4 is 11.0 Å². The molecule has 3 heterocycles. The third-order valence-corrected chi connectivity index (χ3v) is 2.64. The van der Waals surface area contributed by atoms with Crippen LogP contribution >= 0.6 is 0 Å². The van der Waals surface area contributed by atoms with E-state index in [1.807, 2.05) is 0 Å². The van der Waals surface area contributed by atoms with Gasteiger partial charge in [0.25, 0.3) is 0 Å². The molecule has 7 heteroatoms. The van der Waals surface area contributed by atoms with Crippen molar-refractivity contribution in [3.05, 3.63) is 53.0 Å². The number of pyridine rings is 1. The summed E-state index contributed by atoms with van der Waals surface area (Å²) in [5, 5.41) is 13.1. The molecule has 96 valence electrons. The highest BCUT2D eigenvalue weighted by Gasteiger charge is 2.10. The van der Waals surface area contributed by atoms with Crippen LogP contribution in [0.15, 0.2) is 45.9 Å². The number of nitrogens with zero attached hydrogens (tertiary/aromatic N) is 3. The van der Waals surface area contributed by atoms with Crippen molar-refractivity contribution in [3.63, 3.8) is 0 Å².